The van der Waals surface area contributed by atoms with E-state index < -0.39 is 6.10 Å². The molecule has 0 aliphatic heterocycles. The van der Waals surface area contributed by atoms with Crippen molar-refractivity contribution in [3.8, 4) is 0 Å². The van der Waals surface area contributed by atoms with Gasteiger partial charge >= 0.3 is 17.9 Å². The summed E-state index contributed by atoms with van der Waals surface area (Å²) in [5.74, 6) is -0.966. The maximum absolute atomic E-state index is 12.8. The van der Waals surface area contributed by atoms with Crippen LogP contribution >= 0.6 is 0 Å². The fourth-order valence-electron chi connectivity index (χ4n) is 6.80. The number of carbonyl (C=O) groups excluding carboxylic acids is 3. The molecule has 6 nitrogen and oxygen atoms in total. The van der Waals surface area contributed by atoms with Crippen molar-refractivity contribution < 1.29 is 28.6 Å². The lowest BCUT2D eigenvalue weighted by Gasteiger charge is -2.18. The summed E-state index contributed by atoms with van der Waals surface area (Å²) in [6.45, 7) is 6.33. The molecule has 0 radical (unpaired) electrons. The third kappa shape index (κ3) is 49.2. The molecule has 0 aliphatic carbocycles. The van der Waals surface area contributed by atoms with Gasteiger partial charge in [-0.15, -0.1) is 0 Å². The first-order chi connectivity index (χ1) is 31.0. The van der Waals surface area contributed by atoms with Crippen LogP contribution in [-0.2, 0) is 28.6 Å². The zero-order chi connectivity index (χ0) is 45.8. The van der Waals surface area contributed by atoms with Crippen LogP contribution in [0.15, 0.2) is 97.2 Å². The monoisotopic (exact) mass is 875 g/mol. The van der Waals surface area contributed by atoms with Gasteiger partial charge in [0.05, 0.1) is 0 Å². The largest absolute Gasteiger partial charge is 0.462 e. The summed E-state index contributed by atoms with van der Waals surface area (Å²) in [6, 6.07) is 0. The van der Waals surface area contributed by atoms with E-state index in [1.807, 2.05) is 0 Å². The molecule has 6 heteroatoms. The number of hydrogen-bond donors (Lipinski definition) is 0. The Balaban J connectivity index is 4.49. The zero-order valence-corrected chi connectivity index (χ0v) is 40.8. The average molecular weight is 875 g/mol. The van der Waals surface area contributed by atoms with Gasteiger partial charge in [-0.3, -0.25) is 14.4 Å². The average Bonchev–Trinajstić information content (AvgIpc) is 3.28. The smallest absolute Gasteiger partial charge is 0.306 e. The van der Waals surface area contributed by atoms with Crippen molar-refractivity contribution in [2.75, 3.05) is 13.2 Å². The minimum absolute atomic E-state index is 0.103. The van der Waals surface area contributed by atoms with E-state index in [-0.39, 0.29) is 37.5 Å². The SMILES string of the molecule is CC/C=C/C=C/C=C/CCCCCCCC(=O)OCC(COC(=O)CCCCCCCC/C=C/C/C=C/C/C=C/CC)OC(=O)CCCCC/C=C/C=C/CCCCCCCCC. The number of allylic oxidation sites excluding steroid dienone is 16. The number of ether oxygens (including phenoxy) is 3. The van der Waals surface area contributed by atoms with E-state index in [9.17, 15) is 14.4 Å². The third-order valence-corrected chi connectivity index (χ3v) is 10.6. The predicted molar refractivity (Wildman–Crippen MR) is 270 cm³/mol. The van der Waals surface area contributed by atoms with Crippen LogP contribution < -0.4 is 0 Å². The topological polar surface area (TPSA) is 78.9 Å². The van der Waals surface area contributed by atoms with Gasteiger partial charge in [-0.1, -0.05) is 208 Å². The highest BCUT2D eigenvalue weighted by Gasteiger charge is 2.19. The van der Waals surface area contributed by atoms with Crippen LogP contribution in [0.25, 0.3) is 0 Å². The van der Waals surface area contributed by atoms with Crippen LogP contribution in [0.3, 0.4) is 0 Å². The number of esters is 3. The lowest BCUT2D eigenvalue weighted by molar-refractivity contribution is -0.167. The predicted octanol–water partition coefficient (Wildman–Crippen LogP) is 17.0. The van der Waals surface area contributed by atoms with Gasteiger partial charge in [-0.05, 0) is 96.3 Å². The van der Waals surface area contributed by atoms with E-state index in [4.69, 9.17) is 14.2 Å². The normalized spacial score (nSPS) is 12.9. The fourth-order valence-corrected chi connectivity index (χ4v) is 6.80. The quantitative estimate of drug-likeness (QED) is 0.0199. The van der Waals surface area contributed by atoms with Crippen LogP contribution in [0.2, 0.25) is 0 Å². The summed E-state index contributed by atoms with van der Waals surface area (Å²) >= 11 is 0. The lowest BCUT2D eigenvalue weighted by atomic mass is 10.1. The molecule has 0 spiro atoms. The van der Waals surface area contributed by atoms with Crippen molar-refractivity contribution in [2.45, 2.75) is 232 Å². The number of unbranched alkanes of at least 4 members (excludes halogenated alkanes) is 21. The summed E-state index contributed by atoms with van der Waals surface area (Å²) < 4.78 is 16.7. The molecule has 0 aromatic carbocycles. The maximum atomic E-state index is 12.8. The molecule has 1 unspecified atom stereocenters. The first-order valence-corrected chi connectivity index (χ1v) is 25.8. The highest BCUT2D eigenvalue weighted by Crippen LogP contribution is 2.13. The number of rotatable bonds is 45. The van der Waals surface area contributed by atoms with Crippen LogP contribution in [-0.4, -0.2) is 37.2 Å². The van der Waals surface area contributed by atoms with Crippen molar-refractivity contribution >= 4 is 17.9 Å². The van der Waals surface area contributed by atoms with Crippen LogP contribution in [0.4, 0.5) is 0 Å². The molecule has 0 bridgehead atoms. The first kappa shape index (κ1) is 59.3. The number of carbonyl (C=O) groups is 3. The van der Waals surface area contributed by atoms with Crippen molar-refractivity contribution in [1.29, 1.82) is 0 Å². The molecule has 63 heavy (non-hydrogen) atoms. The summed E-state index contributed by atoms with van der Waals surface area (Å²) in [6.07, 6.45) is 66.8. The molecule has 1 atom stereocenters. The maximum Gasteiger partial charge on any atom is 0.306 e. The molecule has 0 rings (SSSR count). The van der Waals surface area contributed by atoms with E-state index in [2.05, 4.69) is 118 Å². The fraction of sp³-hybridized carbons (Fsp3) is 0.667. The molecule has 0 aliphatic rings. The van der Waals surface area contributed by atoms with Crippen LogP contribution in [0.1, 0.15) is 226 Å². The highest BCUT2D eigenvalue weighted by molar-refractivity contribution is 5.71. The summed E-state index contributed by atoms with van der Waals surface area (Å²) in [7, 11) is 0. The second-order valence-electron chi connectivity index (χ2n) is 16.8. The van der Waals surface area contributed by atoms with Gasteiger partial charge in [0.1, 0.15) is 13.2 Å². The van der Waals surface area contributed by atoms with Gasteiger partial charge < -0.3 is 14.2 Å². The molecule has 0 fully saturated rings. The Morgan fingerprint density at radius 2 is 0.698 bits per heavy atom. The van der Waals surface area contributed by atoms with E-state index in [0.717, 1.165) is 128 Å². The second-order valence-corrected chi connectivity index (χ2v) is 16.8. The molecule has 0 N–H and O–H groups in total. The summed E-state index contributed by atoms with van der Waals surface area (Å²) in [5.41, 5.74) is 0. The molecule has 358 valence electrons. The Morgan fingerprint density at radius 3 is 1.17 bits per heavy atom. The second kappa shape index (κ2) is 51.0. The molecule has 0 saturated carbocycles. The van der Waals surface area contributed by atoms with Crippen LogP contribution in [0.5, 0.6) is 0 Å². The summed E-state index contributed by atoms with van der Waals surface area (Å²) in [5, 5.41) is 0. The molecule has 0 amide bonds. The zero-order valence-electron chi connectivity index (χ0n) is 40.8. The van der Waals surface area contributed by atoms with Crippen molar-refractivity contribution in [3.63, 3.8) is 0 Å². The minimum atomic E-state index is -0.806. The van der Waals surface area contributed by atoms with E-state index in [1.165, 1.54) is 57.8 Å². The van der Waals surface area contributed by atoms with Gasteiger partial charge in [0.2, 0.25) is 0 Å². The van der Waals surface area contributed by atoms with Crippen molar-refractivity contribution in [3.05, 3.63) is 97.2 Å². The van der Waals surface area contributed by atoms with Gasteiger partial charge in [-0.25, -0.2) is 0 Å². The van der Waals surface area contributed by atoms with Gasteiger partial charge in [0, 0.05) is 19.3 Å². The van der Waals surface area contributed by atoms with E-state index >= 15 is 0 Å². The summed E-state index contributed by atoms with van der Waals surface area (Å²) in [4.78, 5) is 38.0. The Labute approximate surface area is 387 Å². The van der Waals surface area contributed by atoms with Gasteiger partial charge in [0.25, 0.3) is 0 Å². The lowest BCUT2D eigenvalue weighted by Crippen LogP contribution is -2.30. The minimum Gasteiger partial charge on any atom is -0.462 e. The molecular formula is C57H94O6. The highest BCUT2D eigenvalue weighted by atomic mass is 16.6. The van der Waals surface area contributed by atoms with Crippen LogP contribution in [0, 0.1) is 0 Å². The van der Waals surface area contributed by atoms with E-state index in [1.54, 1.807) is 0 Å². The third-order valence-electron chi connectivity index (χ3n) is 10.6. The van der Waals surface area contributed by atoms with E-state index in [0.29, 0.717) is 12.8 Å². The van der Waals surface area contributed by atoms with Gasteiger partial charge in [0.15, 0.2) is 6.10 Å². The van der Waals surface area contributed by atoms with Crippen molar-refractivity contribution in [1.82, 2.24) is 0 Å². The molecule has 0 saturated heterocycles. The molecule has 0 heterocycles. The Bertz CT molecular complexity index is 1280. The Hall–Kier alpha value is -3.67. The van der Waals surface area contributed by atoms with Crippen molar-refractivity contribution in [2.24, 2.45) is 0 Å². The Morgan fingerprint density at radius 1 is 0.349 bits per heavy atom. The Kier molecular flexibility index (Phi) is 48.0. The molecule has 0 aromatic heterocycles. The molecule has 0 aromatic rings. The first-order valence-electron chi connectivity index (χ1n) is 25.8. The van der Waals surface area contributed by atoms with Gasteiger partial charge in [-0.2, -0.15) is 0 Å². The standard InChI is InChI=1S/C57H94O6/c1-4-7-10-13-16-19-22-25-27-29-32-35-38-41-44-47-50-56(59)62-53-54(52-61-55(58)49-46-43-40-37-34-31-24-21-18-15-12-9-6-3)63-57(60)51-48-45-42-39-36-33-30-28-26-23-20-17-14-11-8-5-2/h7,9-10,12,15-16,18-19,21,24-25,27-28,30,33,36,54H,4-6,8,11,13-14,17,20,22-23,26,29,31-32,34-35,37-53H2,1-3H3/b10-7+,12-9+,18-15+,19-16+,24-21+,27-25+,30-28+,36-33+. The molecular weight excluding hydrogens is 781 g/mol. The number of hydrogen-bond acceptors (Lipinski definition) is 6.